The molecule has 12 nitrogen and oxygen atoms in total. The summed E-state index contributed by atoms with van der Waals surface area (Å²) in [6.07, 6.45) is 1.60. The van der Waals surface area contributed by atoms with E-state index in [9.17, 15) is 19.2 Å². The van der Waals surface area contributed by atoms with Crippen LogP contribution in [0, 0.1) is 0 Å². The molecule has 188 valence electrons. The Morgan fingerprint density at radius 2 is 1.83 bits per heavy atom. The molecule has 0 aliphatic heterocycles. The molecule has 35 heavy (non-hydrogen) atoms. The predicted molar refractivity (Wildman–Crippen MR) is 127 cm³/mol. The van der Waals surface area contributed by atoms with Gasteiger partial charge in [-0.3, -0.25) is 23.9 Å². The van der Waals surface area contributed by atoms with Gasteiger partial charge in [0.15, 0.2) is 22.7 Å². The molecule has 0 bridgehead atoms. The molecule has 0 aliphatic carbocycles. The average molecular weight is 488 g/mol. The standard InChI is InChI=1S/C23H29N5O7/c1-5-7-10-28-20-19(22(31)26-23(28)32)27(6-2)17(25-20)13-35-18(29)12-24-21(30)14-8-9-15(33-3)16(11-14)34-4/h8-9,11H,5-7,10,12-13H2,1-4H3,(H,24,30)(H,26,31,32). The van der Waals surface area contributed by atoms with Crippen molar-refractivity contribution in [2.75, 3.05) is 20.8 Å². The fourth-order valence-corrected chi connectivity index (χ4v) is 3.62. The van der Waals surface area contributed by atoms with Crippen LogP contribution in [0.4, 0.5) is 0 Å². The van der Waals surface area contributed by atoms with Gasteiger partial charge in [-0.15, -0.1) is 0 Å². The fraction of sp³-hybridized carbons (Fsp3) is 0.435. The Morgan fingerprint density at radius 1 is 1.09 bits per heavy atom. The normalized spacial score (nSPS) is 10.9. The molecule has 3 rings (SSSR count). The van der Waals surface area contributed by atoms with Crippen LogP contribution in [0.25, 0.3) is 11.2 Å². The van der Waals surface area contributed by atoms with Gasteiger partial charge in [0, 0.05) is 18.7 Å². The number of hydrogen-bond donors (Lipinski definition) is 2. The maximum atomic E-state index is 12.5. The number of aromatic amines is 1. The van der Waals surface area contributed by atoms with Crippen LogP contribution in [0.1, 0.15) is 42.9 Å². The van der Waals surface area contributed by atoms with Gasteiger partial charge in [0.2, 0.25) is 0 Å². The molecule has 1 amide bonds. The zero-order chi connectivity index (χ0) is 25.5. The number of fused-ring (bicyclic) bond motifs is 1. The molecule has 0 radical (unpaired) electrons. The number of rotatable bonds is 11. The number of benzene rings is 1. The number of aryl methyl sites for hydroxylation is 2. The molecule has 12 heteroatoms. The summed E-state index contributed by atoms with van der Waals surface area (Å²) >= 11 is 0. The third-order valence-corrected chi connectivity index (χ3v) is 5.42. The number of nitrogens with one attached hydrogen (secondary N) is 2. The van der Waals surface area contributed by atoms with Crippen LogP contribution in [-0.4, -0.2) is 51.7 Å². The average Bonchev–Trinajstić information content (AvgIpc) is 3.24. The van der Waals surface area contributed by atoms with Gasteiger partial charge in [0.25, 0.3) is 11.5 Å². The van der Waals surface area contributed by atoms with Crippen molar-refractivity contribution >= 4 is 23.0 Å². The highest BCUT2D eigenvalue weighted by Crippen LogP contribution is 2.27. The van der Waals surface area contributed by atoms with Crippen molar-refractivity contribution in [3.05, 3.63) is 50.4 Å². The van der Waals surface area contributed by atoms with Crippen LogP contribution < -0.4 is 26.0 Å². The van der Waals surface area contributed by atoms with Crippen molar-refractivity contribution in [2.45, 2.75) is 46.4 Å². The summed E-state index contributed by atoms with van der Waals surface area (Å²) in [4.78, 5) is 56.2. The second-order valence-electron chi connectivity index (χ2n) is 7.62. The lowest BCUT2D eigenvalue weighted by Gasteiger charge is -2.10. The van der Waals surface area contributed by atoms with Crippen LogP contribution >= 0.6 is 0 Å². The van der Waals surface area contributed by atoms with Crippen LogP contribution in [0.15, 0.2) is 27.8 Å². The Bertz CT molecular complexity index is 1340. The maximum Gasteiger partial charge on any atom is 0.330 e. The van der Waals surface area contributed by atoms with Crippen molar-refractivity contribution < 1.29 is 23.8 Å². The van der Waals surface area contributed by atoms with E-state index in [2.05, 4.69) is 15.3 Å². The predicted octanol–water partition coefficient (Wildman–Crippen LogP) is 1.20. The Morgan fingerprint density at radius 3 is 2.49 bits per heavy atom. The molecular formula is C23H29N5O7. The van der Waals surface area contributed by atoms with E-state index in [-0.39, 0.29) is 29.9 Å². The highest BCUT2D eigenvalue weighted by molar-refractivity contribution is 5.96. The van der Waals surface area contributed by atoms with Gasteiger partial charge in [-0.2, -0.15) is 0 Å². The third kappa shape index (κ3) is 5.53. The first-order valence-corrected chi connectivity index (χ1v) is 11.2. The zero-order valence-corrected chi connectivity index (χ0v) is 20.2. The molecule has 0 unspecified atom stereocenters. The summed E-state index contributed by atoms with van der Waals surface area (Å²) < 4.78 is 18.6. The molecule has 0 spiro atoms. The summed E-state index contributed by atoms with van der Waals surface area (Å²) in [6, 6.07) is 4.63. The summed E-state index contributed by atoms with van der Waals surface area (Å²) in [5.74, 6) is -0.000715. The van der Waals surface area contributed by atoms with Gasteiger partial charge in [-0.05, 0) is 31.5 Å². The number of carbonyl (C=O) groups excluding carboxylic acids is 2. The lowest BCUT2D eigenvalue weighted by Crippen LogP contribution is -2.31. The number of aromatic nitrogens is 4. The quantitative estimate of drug-likeness (QED) is 0.384. The Balaban J connectivity index is 1.70. The Kier molecular flexibility index (Phi) is 8.29. The highest BCUT2D eigenvalue weighted by atomic mass is 16.5. The molecule has 2 N–H and O–H groups in total. The van der Waals surface area contributed by atoms with Crippen molar-refractivity contribution in [1.82, 2.24) is 24.4 Å². The topological polar surface area (TPSA) is 147 Å². The minimum atomic E-state index is -0.689. The SMILES string of the molecule is CCCCn1c(=O)[nH]c(=O)c2c1nc(COC(=O)CNC(=O)c1ccc(OC)c(OC)c1)n2CC. The zero-order valence-electron chi connectivity index (χ0n) is 20.2. The van der Waals surface area contributed by atoms with Crippen LogP contribution in [0.2, 0.25) is 0 Å². The number of methoxy groups -OCH3 is 2. The fourth-order valence-electron chi connectivity index (χ4n) is 3.62. The van der Waals surface area contributed by atoms with Gasteiger partial charge in [-0.25, -0.2) is 9.78 Å². The molecule has 2 heterocycles. The van der Waals surface area contributed by atoms with Crippen molar-refractivity contribution in [1.29, 1.82) is 0 Å². The van der Waals surface area contributed by atoms with Crippen LogP contribution in [-0.2, 0) is 29.2 Å². The van der Waals surface area contributed by atoms with Crippen molar-refractivity contribution in [2.24, 2.45) is 0 Å². The van der Waals surface area contributed by atoms with E-state index in [4.69, 9.17) is 14.2 Å². The van der Waals surface area contributed by atoms with E-state index in [0.717, 1.165) is 12.8 Å². The highest BCUT2D eigenvalue weighted by Gasteiger charge is 2.19. The lowest BCUT2D eigenvalue weighted by atomic mass is 10.2. The molecule has 0 fully saturated rings. The first-order valence-electron chi connectivity index (χ1n) is 11.2. The van der Waals surface area contributed by atoms with Crippen LogP contribution in [0.3, 0.4) is 0 Å². The molecule has 0 aliphatic rings. The van der Waals surface area contributed by atoms with Gasteiger partial charge < -0.3 is 24.1 Å². The maximum absolute atomic E-state index is 12.5. The number of esters is 1. The monoisotopic (exact) mass is 487 g/mol. The van der Waals surface area contributed by atoms with Crippen molar-refractivity contribution in [3.63, 3.8) is 0 Å². The summed E-state index contributed by atoms with van der Waals surface area (Å²) in [6.45, 7) is 4.00. The minimum Gasteiger partial charge on any atom is -0.493 e. The number of nitrogens with zero attached hydrogens (tertiary/aromatic N) is 3. The summed E-state index contributed by atoms with van der Waals surface area (Å²) in [7, 11) is 2.94. The van der Waals surface area contributed by atoms with Gasteiger partial charge >= 0.3 is 11.7 Å². The molecule has 0 saturated carbocycles. The number of hydrogen-bond acceptors (Lipinski definition) is 8. The molecule has 0 atom stereocenters. The van der Waals surface area contributed by atoms with Crippen LogP contribution in [0.5, 0.6) is 11.5 Å². The molecule has 0 saturated heterocycles. The number of carbonyl (C=O) groups is 2. The van der Waals surface area contributed by atoms with E-state index >= 15 is 0 Å². The number of imidazole rings is 1. The number of unbranched alkanes of at least 4 members (excludes halogenated alkanes) is 1. The first kappa shape index (κ1) is 25.5. The second-order valence-corrected chi connectivity index (χ2v) is 7.62. The lowest BCUT2D eigenvalue weighted by molar-refractivity contribution is -0.144. The molecule has 3 aromatic rings. The summed E-state index contributed by atoms with van der Waals surface area (Å²) in [5, 5.41) is 2.49. The van der Waals surface area contributed by atoms with E-state index in [1.165, 1.54) is 24.9 Å². The van der Waals surface area contributed by atoms with E-state index in [0.29, 0.717) is 30.4 Å². The summed E-state index contributed by atoms with van der Waals surface area (Å²) in [5.41, 5.74) is -0.296. The molecule has 2 aromatic heterocycles. The Hall–Kier alpha value is -4.09. The second kappa shape index (κ2) is 11.4. The minimum absolute atomic E-state index is 0.227. The smallest absolute Gasteiger partial charge is 0.330 e. The van der Waals surface area contributed by atoms with Gasteiger partial charge in [0.05, 0.1) is 14.2 Å². The van der Waals surface area contributed by atoms with Gasteiger partial charge in [-0.1, -0.05) is 13.3 Å². The largest absolute Gasteiger partial charge is 0.493 e. The first-order chi connectivity index (χ1) is 16.8. The van der Waals surface area contributed by atoms with Crippen molar-refractivity contribution in [3.8, 4) is 11.5 Å². The molecular weight excluding hydrogens is 458 g/mol. The van der Waals surface area contributed by atoms with E-state index in [1.54, 1.807) is 16.7 Å². The van der Waals surface area contributed by atoms with Gasteiger partial charge in [0.1, 0.15) is 19.0 Å². The third-order valence-electron chi connectivity index (χ3n) is 5.42. The Labute approximate surface area is 200 Å². The number of H-pyrrole nitrogens is 1. The van der Waals surface area contributed by atoms with E-state index < -0.39 is 23.1 Å². The van der Waals surface area contributed by atoms with E-state index in [1.807, 2.05) is 13.8 Å². The molecule has 1 aromatic carbocycles. The number of ether oxygens (including phenoxy) is 3. The number of amides is 1.